The third-order valence-electron chi connectivity index (χ3n) is 4.17. The van der Waals surface area contributed by atoms with Crippen molar-refractivity contribution in [1.29, 1.82) is 0 Å². The van der Waals surface area contributed by atoms with Crippen LogP contribution in [0.4, 0.5) is 0 Å². The number of aryl methyl sites for hydroxylation is 2. The first-order valence-corrected chi connectivity index (χ1v) is 9.00. The van der Waals surface area contributed by atoms with E-state index in [9.17, 15) is 8.42 Å². The lowest BCUT2D eigenvalue weighted by atomic mass is 10.1. The van der Waals surface area contributed by atoms with Gasteiger partial charge in [-0.2, -0.15) is 0 Å². The molecule has 0 unspecified atom stereocenters. The molecule has 0 saturated carbocycles. The van der Waals surface area contributed by atoms with Gasteiger partial charge in [0.05, 0.1) is 11.0 Å². The monoisotopic (exact) mass is 307 g/mol. The SMILES string of the molecule is Cc1cc2nc(CS(=O)(=O)N3CCCCC3)[nH]c2cc1C. The van der Waals surface area contributed by atoms with Crippen LogP contribution in [0.2, 0.25) is 0 Å². The highest BCUT2D eigenvalue weighted by atomic mass is 32.2. The first kappa shape index (κ1) is 14.5. The number of nitrogens with zero attached hydrogens (tertiary/aromatic N) is 2. The summed E-state index contributed by atoms with van der Waals surface area (Å²) in [5, 5.41) is 0. The fourth-order valence-electron chi connectivity index (χ4n) is 2.80. The van der Waals surface area contributed by atoms with Crippen LogP contribution in [0, 0.1) is 13.8 Å². The number of aromatic amines is 1. The van der Waals surface area contributed by atoms with E-state index >= 15 is 0 Å². The fourth-order valence-corrected chi connectivity index (χ4v) is 4.28. The number of aromatic nitrogens is 2. The van der Waals surface area contributed by atoms with Crippen LogP contribution in [-0.2, 0) is 15.8 Å². The average molecular weight is 307 g/mol. The summed E-state index contributed by atoms with van der Waals surface area (Å²) in [6.45, 7) is 5.36. The van der Waals surface area contributed by atoms with Crippen molar-refractivity contribution in [3.05, 3.63) is 29.1 Å². The second kappa shape index (κ2) is 5.42. The number of hydrogen-bond donors (Lipinski definition) is 1. The fraction of sp³-hybridized carbons (Fsp3) is 0.533. The summed E-state index contributed by atoms with van der Waals surface area (Å²) >= 11 is 0. The van der Waals surface area contributed by atoms with Gasteiger partial charge in [0, 0.05) is 13.1 Å². The molecule has 1 fully saturated rings. The van der Waals surface area contributed by atoms with Crippen LogP contribution >= 0.6 is 0 Å². The van der Waals surface area contributed by atoms with Gasteiger partial charge in [-0.1, -0.05) is 6.42 Å². The molecular weight excluding hydrogens is 286 g/mol. The lowest BCUT2D eigenvalue weighted by molar-refractivity contribution is 0.346. The predicted octanol–water partition coefficient (Wildman–Crippen LogP) is 2.50. The van der Waals surface area contributed by atoms with E-state index in [1.165, 1.54) is 11.1 Å². The Morgan fingerprint density at radius 3 is 2.52 bits per heavy atom. The van der Waals surface area contributed by atoms with Crippen molar-refractivity contribution in [2.75, 3.05) is 13.1 Å². The van der Waals surface area contributed by atoms with Crippen LogP contribution in [-0.4, -0.2) is 35.8 Å². The summed E-state index contributed by atoms with van der Waals surface area (Å²) in [5.74, 6) is 0.486. The van der Waals surface area contributed by atoms with Gasteiger partial charge in [0.1, 0.15) is 11.6 Å². The molecule has 1 saturated heterocycles. The molecule has 2 aromatic rings. The highest BCUT2D eigenvalue weighted by Gasteiger charge is 2.25. The lowest BCUT2D eigenvalue weighted by Gasteiger charge is -2.25. The van der Waals surface area contributed by atoms with Crippen molar-refractivity contribution in [2.45, 2.75) is 38.9 Å². The van der Waals surface area contributed by atoms with Gasteiger partial charge in [0.25, 0.3) is 0 Å². The van der Waals surface area contributed by atoms with E-state index in [2.05, 4.69) is 9.97 Å². The smallest absolute Gasteiger partial charge is 0.221 e. The Bertz CT molecular complexity index is 720. The molecule has 1 aliphatic rings. The number of benzene rings is 1. The maximum absolute atomic E-state index is 12.4. The van der Waals surface area contributed by atoms with E-state index in [1.807, 2.05) is 26.0 Å². The minimum absolute atomic E-state index is 0.0419. The molecule has 1 aromatic carbocycles. The number of rotatable bonds is 3. The molecule has 5 nitrogen and oxygen atoms in total. The summed E-state index contributed by atoms with van der Waals surface area (Å²) in [6.07, 6.45) is 3.03. The Labute approximate surface area is 125 Å². The molecule has 0 amide bonds. The zero-order chi connectivity index (χ0) is 15.0. The van der Waals surface area contributed by atoms with Gasteiger partial charge in [0.2, 0.25) is 10.0 Å². The molecule has 1 aliphatic heterocycles. The van der Waals surface area contributed by atoms with Gasteiger partial charge in [0.15, 0.2) is 0 Å². The maximum Gasteiger partial charge on any atom is 0.221 e. The van der Waals surface area contributed by atoms with E-state index < -0.39 is 10.0 Å². The average Bonchev–Trinajstić information content (AvgIpc) is 2.81. The number of fused-ring (bicyclic) bond motifs is 1. The van der Waals surface area contributed by atoms with Gasteiger partial charge in [-0.15, -0.1) is 0 Å². The zero-order valence-corrected chi connectivity index (χ0v) is 13.3. The number of nitrogens with one attached hydrogen (secondary N) is 1. The molecule has 1 aromatic heterocycles. The topological polar surface area (TPSA) is 66.1 Å². The third kappa shape index (κ3) is 2.96. The summed E-state index contributed by atoms with van der Waals surface area (Å²) in [4.78, 5) is 7.58. The number of H-pyrrole nitrogens is 1. The van der Waals surface area contributed by atoms with Crippen LogP contribution in [0.1, 0.15) is 36.2 Å². The van der Waals surface area contributed by atoms with Gasteiger partial charge >= 0.3 is 0 Å². The van der Waals surface area contributed by atoms with E-state index in [0.29, 0.717) is 18.9 Å². The van der Waals surface area contributed by atoms with Crippen molar-refractivity contribution in [3.63, 3.8) is 0 Å². The molecule has 21 heavy (non-hydrogen) atoms. The maximum atomic E-state index is 12.4. The van der Waals surface area contributed by atoms with Crippen molar-refractivity contribution in [1.82, 2.24) is 14.3 Å². The first-order chi connectivity index (χ1) is 9.95. The molecule has 0 atom stereocenters. The number of hydrogen-bond acceptors (Lipinski definition) is 3. The van der Waals surface area contributed by atoms with Gasteiger partial charge in [-0.3, -0.25) is 0 Å². The lowest BCUT2D eigenvalue weighted by Crippen LogP contribution is -2.36. The molecular formula is C15H21N3O2S. The van der Waals surface area contributed by atoms with Gasteiger partial charge < -0.3 is 4.98 Å². The normalized spacial score (nSPS) is 17.4. The van der Waals surface area contributed by atoms with Crippen LogP contribution in [0.3, 0.4) is 0 Å². The summed E-state index contributed by atoms with van der Waals surface area (Å²) in [5.41, 5.74) is 4.08. The van der Waals surface area contributed by atoms with Crippen molar-refractivity contribution in [2.24, 2.45) is 0 Å². The van der Waals surface area contributed by atoms with E-state index in [0.717, 1.165) is 30.3 Å². The Morgan fingerprint density at radius 1 is 1.14 bits per heavy atom. The first-order valence-electron chi connectivity index (χ1n) is 7.39. The number of imidazole rings is 1. The van der Waals surface area contributed by atoms with Crippen LogP contribution in [0.5, 0.6) is 0 Å². The molecule has 0 spiro atoms. The summed E-state index contributed by atoms with van der Waals surface area (Å²) in [6, 6.07) is 4.02. The van der Waals surface area contributed by atoms with Crippen LogP contribution < -0.4 is 0 Å². The summed E-state index contributed by atoms with van der Waals surface area (Å²) < 4.78 is 26.5. The van der Waals surface area contributed by atoms with E-state index in [4.69, 9.17) is 0 Å². The molecule has 6 heteroatoms. The number of sulfonamides is 1. The standard InChI is InChI=1S/C15H21N3O2S/c1-11-8-13-14(9-12(11)2)17-15(16-13)10-21(19,20)18-6-4-3-5-7-18/h8-9H,3-7,10H2,1-2H3,(H,16,17). The molecule has 1 N–H and O–H groups in total. The number of piperidine rings is 1. The van der Waals surface area contributed by atoms with Gasteiger partial charge in [-0.25, -0.2) is 17.7 Å². The minimum Gasteiger partial charge on any atom is -0.341 e. The molecule has 0 radical (unpaired) electrons. The Morgan fingerprint density at radius 2 is 1.81 bits per heavy atom. The molecule has 3 rings (SSSR count). The highest BCUT2D eigenvalue weighted by Crippen LogP contribution is 2.20. The Hall–Kier alpha value is -1.40. The second-order valence-corrected chi connectivity index (χ2v) is 7.82. The third-order valence-corrected chi connectivity index (χ3v) is 5.96. The molecule has 0 aliphatic carbocycles. The highest BCUT2D eigenvalue weighted by molar-refractivity contribution is 7.88. The quantitative estimate of drug-likeness (QED) is 0.947. The Balaban J connectivity index is 1.87. The van der Waals surface area contributed by atoms with Crippen molar-refractivity contribution in [3.8, 4) is 0 Å². The summed E-state index contributed by atoms with van der Waals surface area (Å²) in [7, 11) is -3.26. The van der Waals surface area contributed by atoms with Gasteiger partial charge in [-0.05, 0) is 49.9 Å². The molecule has 0 bridgehead atoms. The van der Waals surface area contributed by atoms with E-state index in [-0.39, 0.29) is 5.75 Å². The van der Waals surface area contributed by atoms with E-state index in [1.54, 1.807) is 4.31 Å². The van der Waals surface area contributed by atoms with Crippen molar-refractivity contribution >= 4 is 21.1 Å². The predicted molar refractivity (Wildman–Crippen MR) is 83.6 cm³/mol. The zero-order valence-electron chi connectivity index (χ0n) is 12.5. The van der Waals surface area contributed by atoms with Crippen LogP contribution in [0.15, 0.2) is 12.1 Å². The second-order valence-electron chi connectivity index (χ2n) is 5.85. The Kier molecular flexibility index (Phi) is 3.75. The largest absolute Gasteiger partial charge is 0.341 e. The van der Waals surface area contributed by atoms with Crippen molar-refractivity contribution < 1.29 is 8.42 Å². The van der Waals surface area contributed by atoms with Crippen LogP contribution in [0.25, 0.3) is 11.0 Å². The molecule has 114 valence electrons. The minimum atomic E-state index is -3.26. The molecule has 2 heterocycles.